The van der Waals surface area contributed by atoms with Crippen molar-refractivity contribution in [3.63, 3.8) is 0 Å². The van der Waals surface area contributed by atoms with E-state index in [1.54, 1.807) is 42.0 Å². The first-order chi connectivity index (χ1) is 18.9. The van der Waals surface area contributed by atoms with Crippen LogP contribution in [0.5, 0.6) is 5.75 Å². The number of urea groups is 1. The van der Waals surface area contributed by atoms with Crippen molar-refractivity contribution in [3.05, 3.63) is 66.2 Å². The summed E-state index contributed by atoms with van der Waals surface area (Å²) in [7, 11) is -1.84. The molecule has 10 nitrogen and oxygen atoms in total. The number of aliphatic hydroxyl groups is 1. The van der Waals surface area contributed by atoms with E-state index in [0.29, 0.717) is 29.2 Å². The largest absolute Gasteiger partial charge is 0.488 e. The first kappa shape index (κ1) is 29.2. The molecular weight excluding hydrogens is 532 g/mol. The van der Waals surface area contributed by atoms with Crippen molar-refractivity contribution in [2.24, 2.45) is 5.92 Å². The summed E-state index contributed by atoms with van der Waals surface area (Å²) in [6.07, 6.45) is 0.517. The molecule has 0 bridgehead atoms. The van der Waals surface area contributed by atoms with Gasteiger partial charge in [-0.15, -0.1) is 0 Å². The first-order valence-corrected chi connectivity index (χ1v) is 15.0. The van der Waals surface area contributed by atoms with Crippen LogP contribution in [0.15, 0.2) is 60.7 Å². The number of nitrogens with one attached hydrogen (secondary N) is 2. The number of anilines is 2. The summed E-state index contributed by atoms with van der Waals surface area (Å²) in [5.74, 6) is 0.0219. The summed E-state index contributed by atoms with van der Waals surface area (Å²) < 4.78 is 32.4. The number of hydrogen-bond donors (Lipinski definition) is 3. The lowest BCUT2D eigenvalue weighted by molar-refractivity contribution is -0.134. The molecule has 0 aromatic heterocycles. The minimum absolute atomic E-state index is 0.0319. The summed E-state index contributed by atoms with van der Waals surface area (Å²) in [6.45, 7) is 4.03. The summed E-state index contributed by atoms with van der Waals surface area (Å²) in [5, 5.41) is 14.8. The molecule has 3 atom stereocenters. The number of ether oxygens (including phenoxy) is 1. The number of aliphatic hydroxyl groups excluding tert-OH is 1. The number of rotatable bonds is 7. The minimum Gasteiger partial charge on any atom is -0.488 e. The molecule has 0 unspecified atom stereocenters. The Morgan fingerprint density at radius 3 is 2.62 bits per heavy atom. The van der Waals surface area contributed by atoms with E-state index in [2.05, 4.69) is 10.0 Å². The van der Waals surface area contributed by atoms with Crippen LogP contribution < -0.4 is 14.8 Å². The Kier molecular flexibility index (Phi) is 8.85. The highest BCUT2D eigenvalue weighted by atomic mass is 32.2. The molecule has 1 aliphatic heterocycles. The molecule has 0 radical (unpaired) electrons. The maximum atomic E-state index is 13.3. The normalized spacial score (nSPS) is 18.5. The summed E-state index contributed by atoms with van der Waals surface area (Å²) in [6, 6.07) is 17.6. The van der Waals surface area contributed by atoms with E-state index in [9.17, 15) is 23.1 Å². The van der Waals surface area contributed by atoms with Gasteiger partial charge in [0.15, 0.2) is 0 Å². The quantitative estimate of drug-likeness (QED) is 0.400. The van der Waals surface area contributed by atoms with Crippen LogP contribution in [-0.4, -0.2) is 80.4 Å². The van der Waals surface area contributed by atoms with Gasteiger partial charge in [0.05, 0.1) is 37.6 Å². The lowest BCUT2D eigenvalue weighted by Crippen LogP contribution is -2.48. The van der Waals surface area contributed by atoms with Gasteiger partial charge in [-0.25, -0.2) is 13.2 Å². The number of benzene rings is 3. The van der Waals surface area contributed by atoms with E-state index in [1.807, 2.05) is 49.4 Å². The summed E-state index contributed by atoms with van der Waals surface area (Å²) in [5.41, 5.74) is 1.52. The highest BCUT2D eigenvalue weighted by Crippen LogP contribution is 2.30. The Balaban J connectivity index is 1.61. The lowest BCUT2D eigenvalue weighted by Gasteiger charge is -2.34. The summed E-state index contributed by atoms with van der Waals surface area (Å²) in [4.78, 5) is 29.7. The third-order valence-corrected chi connectivity index (χ3v) is 7.66. The molecule has 3 amide bonds. The van der Waals surface area contributed by atoms with Gasteiger partial charge < -0.3 is 25.0 Å². The number of nitrogens with zero attached hydrogens (tertiary/aromatic N) is 2. The van der Waals surface area contributed by atoms with Crippen LogP contribution in [0.2, 0.25) is 0 Å². The Bertz CT molecular complexity index is 1490. The number of carbonyl (C=O) groups excluding carboxylic acids is 2. The van der Waals surface area contributed by atoms with Crippen LogP contribution in [0.25, 0.3) is 10.8 Å². The van der Waals surface area contributed by atoms with Crippen LogP contribution >= 0.6 is 0 Å². The maximum absolute atomic E-state index is 13.3. The summed E-state index contributed by atoms with van der Waals surface area (Å²) >= 11 is 0. The average Bonchev–Trinajstić information content (AvgIpc) is 2.95. The smallest absolute Gasteiger partial charge is 0.321 e. The fourth-order valence-corrected chi connectivity index (χ4v) is 5.38. The molecule has 4 rings (SSSR count). The molecule has 0 fully saturated rings. The van der Waals surface area contributed by atoms with Gasteiger partial charge in [0.1, 0.15) is 11.9 Å². The third-order valence-electron chi connectivity index (χ3n) is 7.05. The third kappa shape index (κ3) is 7.02. The second-order valence-corrected chi connectivity index (χ2v) is 12.2. The van der Waals surface area contributed by atoms with Crippen molar-refractivity contribution in [3.8, 4) is 5.75 Å². The molecule has 214 valence electrons. The van der Waals surface area contributed by atoms with Crippen molar-refractivity contribution in [2.75, 3.05) is 43.0 Å². The molecule has 3 N–H and O–H groups in total. The van der Waals surface area contributed by atoms with E-state index >= 15 is 0 Å². The van der Waals surface area contributed by atoms with Gasteiger partial charge in [0.25, 0.3) is 0 Å². The molecule has 0 saturated heterocycles. The average molecular weight is 569 g/mol. The van der Waals surface area contributed by atoms with E-state index in [-0.39, 0.29) is 37.4 Å². The van der Waals surface area contributed by atoms with Crippen LogP contribution in [-0.2, 0) is 21.2 Å². The number of sulfonamides is 1. The Morgan fingerprint density at radius 1 is 1.18 bits per heavy atom. The topological polar surface area (TPSA) is 128 Å². The number of fused-ring (bicyclic) bond motifs is 2. The Morgan fingerprint density at radius 2 is 1.90 bits per heavy atom. The van der Waals surface area contributed by atoms with Gasteiger partial charge in [-0.1, -0.05) is 43.3 Å². The zero-order valence-electron chi connectivity index (χ0n) is 23.1. The molecule has 11 heteroatoms. The second kappa shape index (κ2) is 12.1. The van der Waals surface area contributed by atoms with Crippen molar-refractivity contribution >= 4 is 44.1 Å². The van der Waals surface area contributed by atoms with E-state index in [0.717, 1.165) is 17.0 Å². The standard InChI is InChI=1S/C29H36N4O6S/c1-19-16-33(20(2)18-34)28(35)15-22-14-23(31-40(4,37)38)12-13-26(22)39-27(19)17-32(3)29(36)30-25-11-7-9-21-8-5-6-10-24(21)25/h5-14,19-20,27,31,34H,15-18H2,1-4H3,(H,30,36)/t19-,20-,27+/m1/s1. The van der Waals surface area contributed by atoms with Gasteiger partial charge in [-0.05, 0) is 36.6 Å². The van der Waals surface area contributed by atoms with E-state index in [4.69, 9.17) is 4.74 Å². The van der Waals surface area contributed by atoms with Crippen LogP contribution in [0, 0.1) is 5.92 Å². The van der Waals surface area contributed by atoms with Crippen molar-refractivity contribution in [1.29, 1.82) is 0 Å². The molecule has 3 aromatic carbocycles. The lowest BCUT2D eigenvalue weighted by atomic mass is 10.0. The molecule has 0 aliphatic carbocycles. The van der Waals surface area contributed by atoms with E-state index < -0.39 is 22.2 Å². The zero-order chi connectivity index (χ0) is 29.0. The molecular formula is C29H36N4O6S. The van der Waals surface area contributed by atoms with E-state index in [1.165, 1.54) is 0 Å². The van der Waals surface area contributed by atoms with Crippen LogP contribution in [0.3, 0.4) is 0 Å². The molecule has 1 aliphatic rings. The molecule has 40 heavy (non-hydrogen) atoms. The van der Waals surface area contributed by atoms with Gasteiger partial charge in [0.2, 0.25) is 15.9 Å². The van der Waals surface area contributed by atoms with Crippen LogP contribution in [0.4, 0.5) is 16.2 Å². The van der Waals surface area contributed by atoms with Gasteiger partial charge >= 0.3 is 6.03 Å². The monoisotopic (exact) mass is 568 g/mol. The molecule has 0 spiro atoms. The zero-order valence-corrected chi connectivity index (χ0v) is 23.9. The first-order valence-electron chi connectivity index (χ1n) is 13.1. The van der Waals surface area contributed by atoms with Gasteiger partial charge in [0, 0.05) is 36.1 Å². The molecule has 3 aromatic rings. The number of carbonyl (C=O) groups is 2. The number of likely N-dealkylation sites (N-methyl/N-ethyl adjacent to an activating group) is 1. The fourth-order valence-electron chi connectivity index (χ4n) is 4.82. The van der Waals surface area contributed by atoms with Crippen molar-refractivity contribution < 1.29 is 27.9 Å². The highest BCUT2D eigenvalue weighted by Gasteiger charge is 2.32. The maximum Gasteiger partial charge on any atom is 0.321 e. The SMILES string of the molecule is C[C@@H]1CN([C@H](C)CO)C(=O)Cc2cc(NS(C)(=O)=O)ccc2O[C@H]1CN(C)C(=O)Nc1cccc2ccccc12. The predicted molar refractivity (Wildman–Crippen MR) is 156 cm³/mol. The van der Waals surface area contributed by atoms with Crippen LogP contribution in [0.1, 0.15) is 19.4 Å². The fraction of sp³-hybridized carbons (Fsp3) is 0.379. The Hall–Kier alpha value is -3.83. The molecule has 0 saturated carbocycles. The number of amides is 3. The predicted octanol–water partition coefficient (Wildman–Crippen LogP) is 3.52. The number of hydrogen-bond acceptors (Lipinski definition) is 6. The van der Waals surface area contributed by atoms with Gasteiger partial charge in [-0.3, -0.25) is 9.52 Å². The Labute approximate surface area is 235 Å². The highest BCUT2D eigenvalue weighted by molar-refractivity contribution is 7.92. The van der Waals surface area contributed by atoms with Gasteiger partial charge in [-0.2, -0.15) is 0 Å². The molecule has 1 heterocycles. The second-order valence-electron chi connectivity index (χ2n) is 10.4. The van der Waals surface area contributed by atoms with Crippen molar-refractivity contribution in [2.45, 2.75) is 32.4 Å². The minimum atomic E-state index is -3.52. The van der Waals surface area contributed by atoms with Crippen molar-refractivity contribution in [1.82, 2.24) is 9.80 Å².